The van der Waals surface area contributed by atoms with Crippen molar-refractivity contribution in [2.75, 3.05) is 20.3 Å². The van der Waals surface area contributed by atoms with E-state index in [4.69, 9.17) is 14.6 Å². The summed E-state index contributed by atoms with van der Waals surface area (Å²) in [4.78, 5) is 10.4. The third-order valence-electron chi connectivity index (χ3n) is 1.92. The SMILES string of the molecule is COCCOc1ccc(/C=C/C(=O)O)cc1Br. The van der Waals surface area contributed by atoms with E-state index in [2.05, 4.69) is 15.9 Å². The van der Waals surface area contributed by atoms with Crippen molar-refractivity contribution >= 4 is 28.0 Å². The van der Waals surface area contributed by atoms with Crippen molar-refractivity contribution < 1.29 is 19.4 Å². The molecule has 0 aliphatic heterocycles. The van der Waals surface area contributed by atoms with Gasteiger partial charge in [0, 0.05) is 13.2 Å². The Balaban J connectivity index is 2.69. The number of carboxylic acid groups (broad SMARTS) is 1. The van der Waals surface area contributed by atoms with Gasteiger partial charge in [0.2, 0.25) is 0 Å². The van der Waals surface area contributed by atoms with Gasteiger partial charge in [-0.15, -0.1) is 0 Å². The first-order chi connectivity index (χ1) is 8.13. The van der Waals surface area contributed by atoms with Crippen LogP contribution in [0.25, 0.3) is 6.08 Å². The highest BCUT2D eigenvalue weighted by Crippen LogP contribution is 2.26. The van der Waals surface area contributed by atoms with Gasteiger partial charge in [-0.3, -0.25) is 0 Å². The predicted octanol–water partition coefficient (Wildman–Crippen LogP) is 2.57. The summed E-state index contributed by atoms with van der Waals surface area (Å²) >= 11 is 3.36. The summed E-state index contributed by atoms with van der Waals surface area (Å²) in [6.07, 6.45) is 2.61. The molecule has 1 rings (SSSR count). The zero-order valence-electron chi connectivity index (χ0n) is 9.35. The summed E-state index contributed by atoms with van der Waals surface area (Å²) in [6, 6.07) is 5.36. The van der Waals surface area contributed by atoms with Gasteiger partial charge in [-0.25, -0.2) is 4.79 Å². The van der Waals surface area contributed by atoms with Gasteiger partial charge in [0.25, 0.3) is 0 Å². The first kappa shape index (κ1) is 13.7. The van der Waals surface area contributed by atoms with Gasteiger partial charge in [-0.1, -0.05) is 6.07 Å². The maximum atomic E-state index is 10.4. The Bertz CT molecular complexity index is 415. The van der Waals surface area contributed by atoms with E-state index in [0.717, 1.165) is 16.1 Å². The molecule has 1 aromatic rings. The van der Waals surface area contributed by atoms with Crippen LogP contribution in [0.3, 0.4) is 0 Å². The minimum Gasteiger partial charge on any atom is -0.490 e. The molecule has 0 bridgehead atoms. The largest absolute Gasteiger partial charge is 0.490 e. The standard InChI is InChI=1S/C12H13BrO4/c1-16-6-7-17-11-4-2-9(8-10(11)13)3-5-12(14)15/h2-5,8H,6-7H2,1H3,(H,14,15)/b5-3+. The maximum Gasteiger partial charge on any atom is 0.328 e. The van der Waals surface area contributed by atoms with Crippen molar-refractivity contribution in [3.8, 4) is 5.75 Å². The smallest absolute Gasteiger partial charge is 0.328 e. The van der Waals surface area contributed by atoms with Crippen LogP contribution in [0.1, 0.15) is 5.56 Å². The summed E-state index contributed by atoms with van der Waals surface area (Å²) in [7, 11) is 1.61. The van der Waals surface area contributed by atoms with Crippen LogP contribution < -0.4 is 4.74 Å². The Hall–Kier alpha value is -1.33. The fourth-order valence-electron chi connectivity index (χ4n) is 1.14. The molecule has 0 aromatic heterocycles. The molecule has 0 aliphatic rings. The molecule has 0 fully saturated rings. The third-order valence-corrected chi connectivity index (χ3v) is 2.54. The van der Waals surface area contributed by atoms with Crippen LogP contribution in [0, 0.1) is 0 Å². The van der Waals surface area contributed by atoms with Crippen LogP contribution in [-0.2, 0) is 9.53 Å². The average molecular weight is 301 g/mol. The molecule has 1 aromatic carbocycles. The average Bonchev–Trinajstić information content (AvgIpc) is 2.29. The van der Waals surface area contributed by atoms with Crippen LogP contribution in [0.5, 0.6) is 5.75 Å². The molecule has 4 nitrogen and oxygen atoms in total. The van der Waals surface area contributed by atoms with E-state index < -0.39 is 5.97 Å². The lowest BCUT2D eigenvalue weighted by Crippen LogP contribution is -2.04. The molecule has 0 saturated heterocycles. The van der Waals surface area contributed by atoms with Crippen LogP contribution in [0.4, 0.5) is 0 Å². The van der Waals surface area contributed by atoms with Gasteiger partial charge in [-0.2, -0.15) is 0 Å². The molecule has 17 heavy (non-hydrogen) atoms. The minimum atomic E-state index is -0.971. The van der Waals surface area contributed by atoms with Crippen LogP contribution in [0.15, 0.2) is 28.7 Å². The minimum absolute atomic E-state index is 0.472. The number of methoxy groups -OCH3 is 1. The Morgan fingerprint density at radius 2 is 2.24 bits per heavy atom. The van der Waals surface area contributed by atoms with E-state index in [1.54, 1.807) is 25.3 Å². The van der Waals surface area contributed by atoms with Gasteiger partial charge in [0.15, 0.2) is 0 Å². The lowest BCUT2D eigenvalue weighted by Gasteiger charge is -2.07. The fourth-order valence-corrected chi connectivity index (χ4v) is 1.65. The predicted molar refractivity (Wildman–Crippen MR) is 68.2 cm³/mol. The number of carbonyl (C=O) groups is 1. The molecule has 0 heterocycles. The number of aliphatic carboxylic acids is 1. The number of halogens is 1. The molecule has 0 atom stereocenters. The van der Waals surface area contributed by atoms with Crippen molar-refractivity contribution in [2.45, 2.75) is 0 Å². The molecule has 0 saturated carbocycles. The number of ether oxygens (including phenoxy) is 2. The third kappa shape index (κ3) is 5.01. The highest BCUT2D eigenvalue weighted by Gasteiger charge is 2.01. The molecule has 0 unspecified atom stereocenters. The molecular weight excluding hydrogens is 288 g/mol. The first-order valence-electron chi connectivity index (χ1n) is 4.96. The Morgan fingerprint density at radius 3 is 2.82 bits per heavy atom. The molecule has 92 valence electrons. The van der Waals surface area contributed by atoms with Crippen molar-refractivity contribution in [2.24, 2.45) is 0 Å². The second-order valence-electron chi connectivity index (χ2n) is 3.20. The molecule has 0 aliphatic carbocycles. The molecule has 0 amide bonds. The normalized spacial score (nSPS) is 10.7. The highest BCUT2D eigenvalue weighted by atomic mass is 79.9. The summed E-state index contributed by atoms with van der Waals surface area (Å²) in [5.74, 6) is -0.268. The van der Waals surface area contributed by atoms with Crippen LogP contribution in [0.2, 0.25) is 0 Å². The van der Waals surface area contributed by atoms with E-state index in [-0.39, 0.29) is 0 Å². The summed E-state index contributed by atoms with van der Waals surface area (Å²) < 4.78 is 11.1. The molecule has 5 heteroatoms. The van der Waals surface area contributed by atoms with Gasteiger partial charge < -0.3 is 14.6 Å². The number of benzene rings is 1. The Kier molecular flexibility index (Phi) is 5.72. The van der Waals surface area contributed by atoms with E-state index in [1.807, 2.05) is 0 Å². The highest BCUT2D eigenvalue weighted by molar-refractivity contribution is 9.10. The Morgan fingerprint density at radius 1 is 1.47 bits per heavy atom. The number of carboxylic acids is 1. The lowest BCUT2D eigenvalue weighted by molar-refractivity contribution is -0.131. The Labute approximate surface area is 108 Å². The number of rotatable bonds is 6. The van der Waals surface area contributed by atoms with E-state index in [9.17, 15) is 4.79 Å². The van der Waals surface area contributed by atoms with Gasteiger partial charge >= 0.3 is 5.97 Å². The topological polar surface area (TPSA) is 55.8 Å². The second kappa shape index (κ2) is 7.09. The van der Waals surface area contributed by atoms with E-state index in [0.29, 0.717) is 19.0 Å². The summed E-state index contributed by atoms with van der Waals surface area (Å²) in [5, 5.41) is 8.50. The molecule has 0 spiro atoms. The van der Waals surface area contributed by atoms with E-state index >= 15 is 0 Å². The quantitative estimate of drug-likeness (QED) is 0.648. The van der Waals surface area contributed by atoms with Gasteiger partial charge in [0.1, 0.15) is 12.4 Å². The lowest BCUT2D eigenvalue weighted by atomic mass is 10.2. The number of hydrogen-bond acceptors (Lipinski definition) is 3. The van der Waals surface area contributed by atoms with Crippen molar-refractivity contribution in [3.05, 3.63) is 34.3 Å². The zero-order chi connectivity index (χ0) is 12.7. The monoisotopic (exact) mass is 300 g/mol. The first-order valence-corrected chi connectivity index (χ1v) is 5.75. The fraction of sp³-hybridized carbons (Fsp3) is 0.250. The van der Waals surface area contributed by atoms with Crippen molar-refractivity contribution in [1.82, 2.24) is 0 Å². The van der Waals surface area contributed by atoms with Crippen molar-refractivity contribution in [3.63, 3.8) is 0 Å². The molecular formula is C12H13BrO4. The van der Waals surface area contributed by atoms with E-state index in [1.165, 1.54) is 6.08 Å². The molecule has 0 radical (unpaired) electrons. The molecule has 1 N–H and O–H groups in total. The van der Waals surface area contributed by atoms with Crippen LogP contribution >= 0.6 is 15.9 Å². The number of hydrogen-bond donors (Lipinski definition) is 1. The maximum absolute atomic E-state index is 10.4. The van der Waals surface area contributed by atoms with Gasteiger partial charge in [0.05, 0.1) is 11.1 Å². The van der Waals surface area contributed by atoms with Crippen molar-refractivity contribution in [1.29, 1.82) is 0 Å². The van der Waals surface area contributed by atoms with Gasteiger partial charge in [-0.05, 0) is 39.7 Å². The summed E-state index contributed by atoms with van der Waals surface area (Å²) in [5.41, 5.74) is 0.790. The second-order valence-corrected chi connectivity index (χ2v) is 4.06. The zero-order valence-corrected chi connectivity index (χ0v) is 10.9. The van der Waals surface area contributed by atoms with Crippen LogP contribution in [-0.4, -0.2) is 31.4 Å². The summed E-state index contributed by atoms with van der Waals surface area (Å²) in [6.45, 7) is 0.993.